The van der Waals surface area contributed by atoms with E-state index in [2.05, 4.69) is 42.3 Å². The predicted molar refractivity (Wildman–Crippen MR) is 91.8 cm³/mol. The Bertz CT molecular complexity index is 824. The second-order valence-corrected chi connectivity index (χ2v) is 6.52. The number of anilines is 1. The van der Waals surface area contributed by atoms with E-state index >= 15 is 0 Å². The van der Waals surface area contributed by atoms with Gasteiger partial charge in [0.2, 0.25) is 0 Å². The maximum absolute atomic E-state index is 12.2. The molecule has 4 rings (SSSR count). The smallest absolute Gasteiger partial charge is 0.182 e. The molecule has 1 heterocycles. The summed E-state index contributed by atoms with van der Waals surface area (Å²) in [6, 6.07) is 8.40. The molecule has 0 saturated carbocycles. The molecule has 0 N–H and O–H groups in total. The molecule has 1 aromatic carbocycles. The van der Waals surface area contributed by atoms with E-state index in [9.17, 15) is 4.79 Å². The van der Waals surface area contributed by atoms with Crippen LogP contribution in [0.2, 0.25) is 0 Å². The number of ketones is 1. The number of benzene rings is 1. The third kappa shape index (κ3) is 2.09. The van der Waals surface area contributed by atoms with Crippen LogP contribution < -0.4 is 4.90 Å². The molecule has 0 spiro atoms. The van der Waals surface area contributed by atoms with Gasteiger partial charge in [0.25, 0.3) is 0 Å². The van der Waals surface area contributed by atoms with Gasteiger partial charge in [-0.15, -0.1) is 0 Å². The van der Waals surface area contributed by atoms with E-state index in [1.54, 1.807) is 17.8 Å². The first-order valence-electron chi connectivity index (χ1n) is 7.28. The van der Waals surface area contributed by atoms with E-state index in [-0.39, 0.29) is 5.78 Å². The largest absolute Gasteiger partial charge is 0.338 e. The predicted octanol–water partition coefficient (Wildman–Crippen LogP) is 4.39. The minimum absolute atomic E-state index is 0.108. The molecule has 1 aromatic rings. The van der Waals surface area contributed by atoms with E-state index in [0.29, 0.717) is 6.42 Å². The summed E-state index contributed by atoms with van der Waals surface area (Å²) in [5, 5.41) is 1.19. The lowest BCUT2D eigenvalue weighted by atomic mass is 10.0. The number of hydrogen-bond donors (Lipinski definition) is 0. The zero-order valence-electron chi connectivity index (χ0n) is 12.2. The number of carbonyl (C=O) groups excluding carboxylic acids is 1. The van der Waals surface area contributed by atoms with Gasteiger partial charge >= 0.3 is 0 Å². The van der Waals surface area contributed by atoms with E-state index in [1.807, 2.05) is 24.3 Å². The second kappa shape index (κ2) is 5.18. The van der Waals surface area contributed by atoms with Gasteiger partial charge in [-0.2, -0.15) is 0 Å². The van der Waals surface area contributed by atoms with Crippen LogP contribution in [0.3, 0.4) is 0 Å². The Morgan fingerprint density at radius 3 is 2.64 bits per heavy atom. The molecule has 0 radical (unpaired) electrons. The molecule has 22 heavy (non-hydrogen) atoms. The third-order valence-electron chi connectivity index (χ3n) is 4.12. The van der Waals surface area contributed by atoms with Gasteiger partial charge in [-0.1, -0.05) is 48.2 Å². The number of carbonyl (C=O) groups is 1. The molecule has 3 heteroatoms. The first kappa shape index (κ1) is 13.4. The lowest BCUT2D eigenvalue weighted by Gasteiger charge is -2.17. The number of thioether (sulfide) groups is 1. The van der Waals surface area contributed by atoms with E-state index in [0.717, 1.165) is 11.1 Å². The van der Waals surface area contributed by atoms with Crippen LogP contribution in [0.5, 0.6) is 0 Å². The van der Waals surface area contributed by atoms with Crippen molar-refractivity contribution in [1.29, 1.82) is 0 Å². The van der Waals surface area contributed by atoms with Crippen LogP contribution in [-0.4, -0.2) is 12.8 Å². The van der Waals surface area contributed by atoms with Gasteiger partial charge in [-0.05, 0) is 29.9 Å². The second-order valence-electron chi connectivity index (χ2n) is 5.49. The summed E-state index contributed by atoms with van der Waals surface area (Å²) < 4.78 is 0. The fourth-order valence-electron chi connectivity index (χ4n) is 2.94. The Kier molecular flexibility index (Phi) is 3.16. The van der Waals surface area contributed by atoms with E-state index < -0.39 is 0 Å². The van der Waals surface area contributed by atoms with Crippen molar-refractivity contribution >= 4 is 23.2 Å². The summed E-state index contributed by atoms with van der Waals surface area (Å²) in [4.78, 5) is 15.7. The van der Waals surface area contributed by atoms with Crippen LogP contribution in [0.4, 0.5) is 5.69 Å². The highest BCUT2D eigenvalue weighted by molar-refractivity contribution is 8.03. The Morgan fingerprint density at radius 2 is 1.82 bits per heavy atom. The van der Waals surface area contributed by atoms with Gasteiger partial charge < -0.3 is 4.90 Å². The lowest BCUT2D eigenvalue weighted by molar-refractivity contribution is -0.111. The summed E-state index contributed by atoms with van der Waals surface area (Å²) in [5.41, 5.74) is 4.42. The van der Waals surface area contributed by atoms with Crippen LogP contribution in [0, 0.1) is 0 Å². The molecular weight excluding hydrogens is 290 g/mol. The summed E-state index contributed by atoms with van der Waals surface area (Å²) in [6.07, 6.45) is 12.4. The van der Waals surface area contributed by atoms with Gasteiger partial charge in [-0.3, -0.25) is 4.79 Å². The highest BCUT2D eigenvalue weighted by Crippen LogP contribution is 2.48. The molecule has 108 valence electrons. The molecule has 2 aliphatic carbocycles. The van der Waals surface area contributed by atoms with E-state index in [1.165, 1.54) is 21.2 Å². The Morgan fingerprint density at radius 1 is 1.05 bits per heavy atom. The first-order chi connectivity index (χ1) is 10.7. The lowest BCUT2D eigenvalue weighted by Crippen LogP contribution is -2.12. The molecule has 0 atom stereocenters. The maximum atomic E-state index is 12.2. The van der Waals surface area contributed by atoms with Gasteiger partial charge in [0.15, 0.2) is 5.78 Å². The molecule has 0 saturated heterocycles. The number of hydrogen-bond acceptors (Lipinski definition) is 3. The van der Waals surface area contributed by atoms with Crippen LogP contribution in [0.25, 0.3) is 0 Å². The maximum Gasteiger partial charge on any atom is 0.182 e. The fourth-order valence-corrected chi connectivity index (χ4v) is 4.15. The van der Waals surface area contributed by atoms with Crippen molar-refractivity contribution in [3.05, 3.63) is 82.5 Å². The SMILES string of the molecule is CN1/C(=C2\C=CC(=O)C3=CC=CC=C2C3)Sc2ccccc21. The van der Waals surface area contributed by atoms with Crippen molar-refractivity contribution in [2.24, 2.45) is 0 Å². The van der Waals surface area contributed by atoms with Crippen molar-refractivity contribution in [2.75, 3.05) is 11.9 Å². The van der Waals surface area contributed by atoms with Crippen LogP contribution in [-0.2, 0) is 4.79 Å². The molecular formula is C19H15NOS. The fraction of sp³-hybridized carbons (Fsp3) is 0.105. The normalized spacial score (nSPS) is 23.0. The minimum atomic E-state index is 0.108. The molecule has 2 bridgehead atoms. The van der Waals surface area contributed by atoms with Crippen LogP contribution in [0.1, 0.15) is 6.42 Å². The van der Waals surface area contributed by atoms with Crippen molar-refractivity contribution in [1.82, 2.24) is 0 Å². The molecule has 0 unspecified atom stereocenters. The summed E-state index contributed by atoms with van der Waals surface area (Å²) in [6.45, 7) is 0. The number of para-hydroxylation sites is 1. The Balaban J connectivity index is 1.87. The molecule has 0 aromatic heterocycles. The molecule has 3 aliphatic rings. The van der Waals surface area contributed by atoms with Gasteiger partial charge in [-0.25, -0.2) is 0 Å². The van der Waals surface area contributed by atoms with Crippen molar-refractivity contribution < 1.29 is 4.79 Å². The van der Waals surface area contributed by atoms with Crippen LogP contribution >= 0.6 is 11.8 Å². The number of fused-ring (bicyclic) bond motifs is 3. The highest BCUT2D eigenvalue weighted by Gasteiger charge is 2.27. The summed E-state index contributed by atoms with van der Waals surface area (Å²) >= 11 is 1.77. The average Bonchev–Trinajstić information content (AvgIpc) is 2.72. The number of nitrogens with zero attached hydrogens (tertiary/aromatic N) is 1. The third-order valence-corrected chi connectivity index (χ3v) is 5.37. The van der Waals surface area contributed by atoms with Crippen LogP contribution in [0.15, 0.2) is 87.4 Å². The zero-order valence-corrected chi connectivity index (χ0v) is 13.1. The van der Waals surface area contributed by atoms with Gasteiger partial charge in [0.1, 0.15) is 0 Å². The van der Waals surface area contributed by atoms with Crippen molar-refractivity contribution in [3.63, 3.8) is 0 Å². The summed E-state index contributed by atoms with van der Waals surface area (Å²) in [7, 11) is 2.09. The quantitative estimate of drug-likeness (QED) is 0.709. The average molecular weight is 305 g/mol. The van der Waals surface area contributed by atoms with Crippen molar-refractivity contribution in [2.45, 2.75) is 11.3 Å². The first-order valence-corrected chi connectivity index (χ1v) is 8.10. The monoisotopic (exact) mass is 305 g/mol. The molecule has 0 amide bonds. The number of rotatable bonds is 0. The zero-order chi connectivity index (χ0) is 15.1. The standard InChI is InChI=1S/C19H15NOS/c1-20-16-8-4-5-9-18(16)22-19(20)15-10-11-17(21)14-7-3-2-6-13(15)12-14/h2-11H,12H2,1H3/b19-15-. The van der Waals surface area contributed by atoms with Gasteiger partial charge in [0.05, 0.1) is 10.7 Å². The topological polar surface area (TPSA) is 20.3 Å². The van der Waals surface area contributed by atoms with Gasteiger partial charge in [0, 0.05) is 29.5 Å². The molecule has 1 aliphatic heterocycles. The summed E-state index contributed by atoms with van der Waals surface area (Å²) in [5.74, 6) is 0.108. The highest BCUT2D eigenvalue weighted by atomic mass is 32.2. The Hall–Kier alpha value is -2.26. The number of allylic oxidation sites excluding steroid dienone is 9. The van der Waals surface area contributed by atoms with E-state index in [4.69, 9.17) is 0 Å². The Labute approximate surface area is 134 Å². The minimum Gasteiger partial charge on any atom is -0.338 e. The molecule has 2 nitrogen and oxygen atoms in total. The van der Waals surface area contributed by atoms with Crippen molar-refractivity contribution in [3.8, 4) is 0 Å². The molecule has 0 fully saturated rings.